The molecule has 0 radical (unpaired) electrons. The number of carbonyl (C=O) groups excluding carboxylic acids is 1. The highest BCUT2D eigenvalue weighted by molar-refractivity contribution is 7.51. The van der Waals surface area contributed by atoms with Gasteiger partial charge in [-0.05, 0) is 77.1 Å². The molecule has 1 N–H and O–H groups in total. The molecule has 13 nitrogen and oxygen atoms in total. The predicted molar refractivity (Wildman–Crippen MR) is 193 cm³/mol. The van der Waals surface area contributed by atoms with Crippen molar-refractivity contribution < 1.29 is 59.2 Å². The molecule has 47 heavy (non-hydrogen) atoms. The molecule has 3 atom stereocenters. The molecule has 0 amide bonds. The van der Waals surface area contributed by atoms with Gasteiger partial charge < -0.3 is 40.8 Å². The quantitative estimate of drug-likeness (QED) is 0.0290. The van der Waals surface area contributed by atoms with E-state index in [2.05, 4.69) is 32.8 Å². The van der Waals surface area contributed by atoms with Crippen LogP contribution in [0.15, 0.2) is 12.2 Å². The highest BCUT2D eigenvalue weighted by Gasteiger charge is 2.42. The molecule has 0 rings (SSSR count). The van der Waals surface area contributed by atoms with Crippen molar-refractivity contribution in [3.8, 4) is 0 Å². The van der Waals surface area contributed by atoms with Crippen LogP contribution in [0, 0.1) is 0 Å². The van der Waals surface area contributed by atoms with E-state index in [1.54, 1.807) is 6.92 Å². The molecule has 0 heterocycles. The molecule has 280 valence electrons. The van der Waals surface area contributed by atoms with Crippen LogP contribution in [0.5, 0.6) is 0 Å². The molecule has 3 unspecified atom stereocenters. The maximum atomic E-state index is 12.4. The maximum absolute atomic E-state index is 12.4. The van der Waals surface area contributed by atoms with Crippen LogP contribution in [0.4, 0.5) is 0 Å². The highest BCUT2D eigenvalue weighted by Crippen LogP contribution is 2.43. The summed E-state index contributed by atoms with van der Waals surface area (Å²) in [5, 5.41) is 0. The van der Waals surface area contributed by atoms with Gasteiger partial charge >= 0.3 is 22.4 Å². The first-order valence-electron chi connectivity index (χ1n) is 16.5. The molecule has 0 aliphatic carbocycles. The SMILES string of the molecule is C=C(C)C(=O)OCCC[Si](C)(O[Si](C)(C)CCCCP(=O)([O-])OCC[N+](C)(C)C)O[Si](C)(C)CCCOP(=O)(O)OCC[N+](C)(C)C. The second-order valence-corrected chi connectivity index (χ2v) is 31.6. The molecule has 0 bridgehead atoms. The summed E-state index contributed by atoms with van der Waals surface area (Å²) < 4.78 is 60.5. The monoisotopic (exact) mass is 765 g/mol. The molecule has 0 aromatic rings. The molecular weight excluding hydrogens is 699 g/mol. The molecule has 0 spiro atoms. The minimum absolute atomic E-state index is 0.00243. The summed E-state index contributed by atoms with van der Waals surface area (Å²) in [7, 11) is -3.57. The summed E-state index contributed by atoms with van der Waals surface area (Å²) in [6, 6.07) is 2.05. The number of phosphoric ester groups is 1. The van der Waals surface area contributed by atoms with Crippen LogP contribution in [0.25, 0.3) is 0 Å². The van der Waals surface area contributed by atoms with Gasteiger partial charge in [-0.1, -0.05) is 13.0 Å². The lowest BCUT2D eigenvalue weighted by Crippen LogP contribution is -2.54. The number of hydrogen-bond donors (Lipinski definition) is 1. The second-order valence-electron chi connectivity index (χ2n) is 15.8. The van der Waals surface area contributed by atoms with E-state index in [0.29, 0.717) is 65.4 Å². The average molecular weight is 766 g/mol. The second kappa shape index (κ2) is 20.1. The third kappa shape index (κ3) is 26.4. The highest BCUT2D eigenvalue weighted by atomic mass is 31.2. The number of rotatable bonds is 27. The zero-order chi connectivity index (χ0) is 36.8. The van der Waals surface area contributed by atoms with Crippen LogP contribution in [-0.4, -0.2) is 133 Å². The van der Waals surface area contributed by atoms with E-state index in [1.165, 1.54) is 0 Å². The summed E-state index contributed by atoms with van der Waals surface area (Å²) >= 11 is 0. The van der Waals surface area contributed by atoms with Crippen LogP contribution < -0.4 is 4.89 Å². The van der Waals surface area contributed by atoms with E-state index in [1.807, 2.05) is 48.8 Å². The predicted octanol–water partition coefficient (Wildman–Crippen LogP) is 5.30. The van der Waals surface area contributed by atoms with Crippen molar-refractivity contribution in [2.75, 3.05) is 88.0 Å². The first kappa shape index (κ1) is 47.0. The van der Waals surface area contributed by atoms with Crippen molar-refractivity contribution in [3.05, 3.63) is 12.2 Å². The third-order valence-electron chi connectivity index (χ3n) is 7.05. The fraction of sp³-hybridized carbons (Fsp3) is 0.897. The summed E-state index contributed by atoms with van der Waals surface area (Å²) in [5.41, 5.74) is 0.342. The van der Waals surface area contributed by atoms with Crippen molar-refractivity contribution in [1.82, 2.24) is 0 Å². The van der Waals surface area contributed by atoms with E-state index >= 15 is 0 Å². The van der Waals surface area contributed by atoms with Crippen LogP contribution in [0.3, 0.4) is 0 Å². The average Bonchev–Trinajstić information content (AvgIpc) is 2.84. The number of quaternary nitrogens is 2. The minimum Gasteiger partial charge on any atom is -0.778 e. The number of esters is 1. The van der Waals surface area contributed by atoms with Gasteiger partial charge in [-0.25, -0.2) is 9.36 Å². The minimum atomic E-state index is -4.14. The van der Waals surface area contributed by atoms with Gasteiger partial charge in [0.1, 0.15) is 33.9 Å². The Morgan fingerprint density at radius 2 is 1.17 bits per heavy atom. The molecule has 0 aromatic heterocycles. The van der Waals surface area contributed by atoms with E-state index in [9.17, 15) is 23.7 Å². The topological polar surface area (TPSA) is 150 Å². The summed E-state index contributed by atoms with van der Waals surface area (Å²) in [6.07, 6.45) is 2.28. The first-order valence-corrected chi connectivity index (χ1v) is 28.4. The van der Waals surface area contributed by atoms with Gasteiger partial charge in [0.2, 0.25) is 0 Å². The van der Waals surface area contributed by atoms with E-state index in [4.69, 9.17) is 26.5 Å². The third-order valence-corrected chi connectivity index (χ3v) is 21.8. The Bertz CT molecular complexity index is 1000. The fourth-order valence-electron chi connectivity index (χ4n) is 4.59. The number of nitrogens with zero attached hydrogens (tertiary/aromatic N) is 2. The van der Waals surface area contributed by atoms with Gasteiger partial charge in [-0.2, -0.15) is 0 Å². The molecule has 0 saturated heterocycles. The molecule has 18 heteroatoms. The van der Waals surface area contributed by atoms with Crippen LogP contribution >= 0.6 is 15.4 Å². The summed E-state index contributed by atoms with van der Waals surface area (Å²) in [4.78, 5) is 34.3. The number of phosphoric acid groups is 1. The lowest BCUT2D eigenvalue weighted by atomic mass is 10.4. The van der Waals surface area contributed by atoms with Crippen molar-refractivity contribution in [1.29, 1.82) is 0 Å². The smallest absolute Gasteiger partial charge is 0.472 e. The van der Waals surface area contributed by atoms with Crippen molar-refractivity contribution in [3.63, 3.8) is 0 Å². The van der Waals surface area contributed by atoms with Crippen LogP contribution in [-0.2, 0) is 40.5 Å². The Hall–Kier alpha value is -0.0394. The van der Waals surface area contributed by atoms with Crippen molar-refractivity contribution in [2.45, 2.75) is 83.5 Å². The van der Waals surface area contributed by atoms with Crippen molar-refractivity contribution in [2.24, 2.45) is 0 Å². The number of carbonyl (C=O) groups is 1. The fourth-order valence-corrected chi connectivity index (χ4v) is 20.9. The van der Waals surface area contributed by atoms with Gasteiger partial charge in [0.05, 0.1) is 55.5 Å². The normalized spacial score (nSPS) is 17.1. The van der Waals surface area contributed by atoms with E-state index in [0.717, 1.165) is 6.04 Å². The Kier molecular flexibility index (Phi) is 20.1. The zero-order valence-corrected chi connectivity index (χ0v) is 36.2. The van der Waals surface area contributed by atoms with Gasteiger partial charge in [0, 0.05) is 11.7 Å². The van der Waals surface area contributed by atoms with Crippen LogP contribution in [0.1, 0.15) is 32.6 Å². The zero-order valence-electron chi connectivity index (χ0n) is 31.4. The van der Waals surface area contributed by atoms with Gasteiger partial charge in [0.15, 0.2) is 16.6 Å². The number of unbranched alkanes of at least 4 members (excludes halogenated alkanes) is 1. The Morgan fingerprint density at radius 1 is 0.723 bits per heavy atom. The Balaban J connectivity index is 5.23. The van der Waals surface area contributed by atoms with E-state index < -0.39 is 46.6 Å². The Labute approximate surface area is 288 Å². The molecule has 0 aromatic carbocycles. The standard InChI is InChI=1S/C29H66N2O11P2Si3/c1-28(2)29(32)37-20-16-27-47(13,41-45(9,10)25-15-14-24-43(33,34)38-22-18-30(3,4)5)42-46(11,12)26-17-21-39-44(35,36)40-23-19-31(6,7)8/h1,14-27H2,2-13H3/p+1. The largest absolute Gasteiger partial charge is 0.778 e. The number of hydrogen-bond acceptors (Lipinski definition) is 10. The lowest BCUT2D eigenvalue weighted by Gasteiger charge is -2.41. The van der Waals surface area contributed by atoms with Crippen LogP contribution in [0.2, 0.25) is 50.9 Å². The molecule has 0 saturated carbocycles. The molecule has 0 fully saturated rings. The molecule has 0 aliphatic rings. The molecular formula is C29H67N2O11P2Si3+. The van der Waals surface area contributed by atoms with Gasteiger partial charge in [0.25, 0.3) is 0 Å². The maximum Gasteiger partial charge on any atom is 0.472 e. The lowest BCUT2D eigenvalue weighted by molar-refractivity contribution is -0.870. The summed E-state index contributed by atoms with van der Waals surface area (Å²) in [5.74, 6) is -0.431. The molecule has 0 aliphatic heterocycles. The Morgan fingerprint density at radius 3 is 1.66 bits per heavy atom. The van der Waals surface area contributed by atoms with Gasteiger partial charge in [-0.15, -0.1) is 0 Å². The number of ether oxygens (including phenoxy) is 1. The first-order chi connectivity index (χ1) is 21.1. The van der Waals surface area contributed by atoms with Crippen molar-refractivity contribution >= 4 is 46.6 Å². The van der Waals surface area contributed by atoms with E-state index in [-0.39, 0.29) is 32.6 Å². The summed E-state index contributed by atoms with van der Waals surface area (Å²) in [6.45, 7) is 17.5. The van der Waals surface area contributed by atoms with Gasteiger partial charge in [-0.3, -0.25) is 9.05 Å². The number of likely N-dealkylation sites (N-methyl/N-ethyl adjacent to an activating group) is 2.